The number of carbonyl (C=O) groups excluding carboxylic acids is 1. The molecule has 1 amide bonds. The molecule has 0 radical (unpaired) electrons. The van der Waals surface area contributed by atoms with E-state index in [4.69, 9.17) is 25.8 Å². The molecule has 0 saturated heterocycles. The number of nitrogens with zero attached hydrogens (tertiary/aromatic N) is 1. The first-order chi connectivity index (χ1) is 15.6. The first-order valence-corrected chi connectivity index (χ1v) is 11.0. The predicted octanol–water partition coefficient (Wildman–Crippen LogP) is 5.54. The summed E-state index contributed by atoms with van der Waals surface area (Å²) in [6.45, 7) is 2.93. The molecule has 1 atom stereocenters. The Kier molecular flexibility index (Phi) is 6.56. The Balaban J connectivity index is 1.87. The molecule has 1 aliphatic heterocycles. The van der Waals surface area contributed by atoms with E-state index in [-0.39, 0.29) is 11.9 Å². The lowest BCUT2D eigenvalue weighted by molar-refractivity contribution is 0.0690. The molecular formula is C26H26ClNO4. The van der Waals surface area contributed by atoms with E-state index in [1.807, 2.05) is 66.4 Å². The summed E-state index contributed by atoms with van der Waals surface area (Å²) in [5.74, 6) is 1.77. The maximum Gasteiger partial charge on any atom is 0.258 e. The number of amides is 1. The summed E-state index contributed by atoms with van der Waals surface area (Å²) < 4.78 is 16.8. The maximum absolute atomic E-state index is 13.8. The summed E-state index contributed by atoms with van der Waals surface area (Å²) in [5.41, 5.74) is 3.49. The number of para-hydroxylation sites is 1. The van der Waals surface area contributed by atoms with Gasteiger partial charge < -0.3 is 19.1 Å². The third-order valence-corrected chi connectivity index (χ3v) is 6.10. The molecule has 6 heteroatoms. The number of hydrogen-bond acceptors (Lipinski definition) is 4. The van der Waals surface area contributed by atoms with Gasteiger partial charge in [-0.2, -0.15) is 0 Å². The largest absolute Gasteiger partial charge is 0.493 e. The van der Waals surface area contributed by atoms with Crippen molar-refractivity contribution < 1.29 is 19.0 Å². The third kappa shape index (κ3) is 4.00. The number of hydrogen-bond donors (Lipinski definition) is 0. The van der Waals surface area contributed by atoms with Gasteiger partial charge in [0.15, 0.2) is 11.5 Å². The highest BCUT2D eigenvalue weighted by Crippen LogP contribution is 2.43. The zero-order valence-corrected chi connectivity index (χ0v) is 19.2. The Morgan fingerprint density at radius 2 is 1.66 bits per heavy atom. The van der Waals surface area contributed by atoms with Gasteiger partial charge >= 0.3 is 0 Å². The second-order valence-electron chi connectivity index (χ2n) is 7.51. The normalized spacial score (nSPS) is 15.1. The van der Waals surface area contributed by atoms with Crippen molar-refractivity contribution in [2.75, 3.05) is 27.4 Å². The van der Waals surface area contributed by atoms with Gasteiger partial charge in [-0.1, -0.05) is 41.9 Å². The van der Waals surface area contributed by atoms with Crippen LogP contribution >= 0.6 is 11.6 Å². The number of ether oxygens (including phenoxy) is 3. The molecule has 1 aliphatic rings. The summed E-state index contributed by atoms with van der Waals surface area (Å²) in [6.07, 6.45) is 0.694. The Hall–Kier alpha value is -3.18. The van der Waals surface area contributed by atoms with Gasteiger partial charge in [-0.15, -0.1) is 0 Å². The van der Waals surface area contributed by atoms with Crippen LogP contribution < -0.4 is 14.2 Å². The minimum atomic E-state index is -0.366. The molecule has 0 spiro atoms. The second-order valence-corrected chi connectivity index (χ2v) is 7.91. The van der Waals surface area contributed by atoms with Crippen molar-refractivity contribution >= 4 is 17.5 Å². The second kappa shape index (κ2) is 9.53. The van der Waals surface area contributed by atoms with Crippen LogP contribution in [0.15, 0.2) is 60.7 Å². The van der Waals surface area contributed by atoms with Gasteiger partial charge in [0.05, 0.1) is 32.4 Å². The zero-order chi connectivity index (χ0) is 22.7. The monoisotopic (exact) mass is 451 g/mol. The first-order valence-electron chi connectivity index (χ1n) is 10.6. The number of carbonyl (C=O) groups is 1. The molecule has 32 heavy (non-hydrogen) atoms. The van der Waals surface area contributed by atoms with Crippen LogP contribution in [-0.2, 0) is 6.42 Å². The van der Waals surface area contributed by atoms with E-state index in [1.165, 1.54) is 0 Å². The molecule has 4 rings (SSSR count). The van der Waals surface area contributed by atoms with Crippen molar-refractivity contribution in [3.8, 4) is 17.2 Å². The zero-order valence-electron chi connectivity index (χ0n) is 18.4. The number of fused-ring (bicyclic) bond motifs is 1. The van der Waals surface area contributed by atoms with Gasteiger partial charge in [-0.3, -0.25) is 4.79 Å². The van der Waals surface area contributed by atoms with E-state index in [0.717, 1.165) is 16.7 Å². The van der Waals surface area contributed by atoms with Crippen LogP contribution in [0.3, 0.4) is 0 Å². The van der Waals surface area contributed by atoms with Crippen LogP contribution in [0.2, 0.25) is 5.02 Å². The molecular weight excluding hydrogens is 426 g/mol. The third-order valence-electron chi connectivity index (χ3n) is 5.75. The van der Waals surface area contributed by atoms with Gasteiger partial charge in [-0.25, -0.2) is 0 Å². The fourth-order valence-corrected chi connectivity index (χ4v) is 4.52. The van der Waals surface area contributed by atoms with Crippen molar-refractivity contribution in [2.24, 2.45) is 0 Å². The standard InChI is InChI=1S/C26H26ClNO4/c1-4-32-22-12-8-6-10-19(22)26(29)28-14-13-17-15-23(30-2)24(31-3)16-20(17)25(28)18-9-5-7-11-21(18)27/h5-12,15-16,25H,4,13-14H2,1-3H3. The quantitative estimate of drug-likeness (QED) is 0.493. The van der Waals surface area contributed by atoms with Crippen LogP contribution in [0.25, 0.3) is 0 Å². The van der Waals surface area contributed by atoms with Crippen LogP contribution in [0, 0.1) is 0 Å². The highest BCUT2D eigenvalue weighted by molar-refractivity contribution is 6.31. The number of rotatable bonds is 6. The summed E-state index contributed by atoms with van der Waals surface area (Å²) in [4.78, 5) is 15.7. The highest BCUT2D eigenvalue weighted by atomic mass is 35.5. The maximum atomic E-state index is 13.8. The van der Waals surface area contributed by atoms with Crippen molar-refractivity contribution in [3.63, 3.8) is 0 Å². The lowest BCUT2D eigenvalue weighted by atomic mass is 9.87. The first kappa shape index (κ1) is 22.0. The molecule has 0 bridgehead atoms. The van der Waals surface area contributed by atoms with Crippen molar-refractivity contribution in [3.05, 3.63) is 87.9 Å². The van der Waals surface area contributed by atoms with E-state index >= 15 is 0 Å². The molecule has 0 N–H and O–H groups in total. The minimum absolute atomic E-state index is 0.0978. The molecule has 5 nitrogen and oxygen atoms in total. The number of benzene rings is 3. The van der Waals surface area contributed by atoms with Gasteiger partial charge in [-0.05, 0) is 60.4 Å². The summed E-state index contributed by atoms with van der Waals surface area (Å²) in [6, 6.07) is 18.6. The fourth-order valence-electron chi connectivity index (χ4n) is 4.28. The molecule has 3 aromatic carbocycles. The Bertz CT molecular complexity index is 1130. The molecule has 0 fully saturated rings. The summed E-state index contributed by atoms with van der Waals surface area (Å²) in [5, 5.41) is 0.607. The Morgan fingerprint density at radius 1 is 0.969 bits per heavy atom. The molecule has 3 aromatic rings. The van der Waals surface area contributed by atoms with E-state index in [2.05, 4.69) is 0 Å². The molecule has 1 heterocycles. The van der Waals surface area contributed by atoms with Crippen LogP contribution in [0.4, 0.5) is 0 Å². The van der Waals surface area contributed by atoms with Crippen LogP contribution in [0.5, 0.6) is 17.2 Å². The molecule has 0 saturated carbocycles. The lowest BCUT2D eigenvalue weighted by Gasteiger charge is -2.38. The lowest BCUT2D eigenvalue weighted by Crippen LogP contribution is -2.41. The summed E-state index contributed by atoms with van der Waals surface area (Å²) in [7, 11) is 3.23. The average molecular weight is 452 g/mol. The van der Waals surface area contributed by atoms with Gasteiger partial charge in [0, 0.05) is 11.6 Å². The number of methoxy groups -OCH3 is 2. The van der Waals surface area contributed by atoms with Crippen molar-refractivity contribution in [2.45, 2.75) is 19.4 Å². The molecule has 0 aromatic heterocycles. The SMILES string of the molecule is CCOc1ccccc1C(=O)N1CCc2cc(OC)c(OC)cc2C1c1ccccc1Cl. The van der Waals surface area contributed by atoms with Gasteiger partial charge in [0.2, 0.25) is 0 Å². The minimum Gasteiger partial charge on any atom is -0.493 e. The number of halogens is 1. The molecule has 0 aliphatic carbocycles. The van der Waals surface area contributed by atoms with E-state index in [0.29, 0.717) is 47.4 Å². The van der Waals surface area contributed by atoms with Crippen LogP contribution in [-0.4, -0.2) is 38.2 Å². The van der Waals surface area contributed by atoms with E-state index in [9.17, 15) is 4.79 Å². The average Bonchev–Trinajstić information content (AvgIpc) is 2.83. The van der Waals surface area contributed by atoms with E-state index in [1.54, 1.807) is 20.3 Å². The van der Waals surface area contributed by atoms with Crippen molar-refractivity contribution in [1.29, 1.82) is 0 Å². The molecule has 1 unspecified atom stereocenters. The Labute approximate surface area is 193 Å². The van der Waals surface area contributed by atoms with Crippen LogP contribution in [0.1, 0.15) is 40.0 Å². The highest BCUT2D eigenvalue weighted by Gasteiger charge is 2.35. The van der Waals surface area contributed by atoms with E-state index < -0.39 is 0 Å². The van der Waals surface area contributed by atoms with Crippen molar-refractivity contribution in [1.82, 2.24) is 4.90 Å². The van der Waals surface area contributed by atoms with Gasteiger partial charge in [0.25, 0.3) is 5.91 Å². The fraction of sp³-hybridized carbons (Fsp3) is 0.269. The molecule has 166 valence electrons. The Morgan fingerprint density at radius 3 is 2.38 bits per heavy atom. The topological polar surface area (TPSA) is 48.0 Å². The smallest absolute Gasteiger partial charge is 0.258 e. The van der Waals surface area contributed by atoms with Gasteiger partial charge in [0.1, 0.15) is 5.75 Å². The predicted molar refractivity (Wildman–Crippen MR) is 125 cm³/mol. The summed E-state index contributed by atoms with van der Waals surface area (Å²) >= 11 is 6.63.